The molecule has 0 aliphatic heterocycles. The number of aliphatic hydroxyl groups is 1. The van der Waals surface area contributed by atoms with Crippen molar-refractivity contribution in [2.24, 2.45) is 0 Å². The number of nitrogens with zero attached hydrogens (tertiary/aromatic N) is 1. The predicted octanol–water partition coefficient (Wildman–Crippen LogP) is 4.11. The molecule has 2 aromatic rings. The highest BCUT2D eigenvalue weighted by atomic mass is 16.5. The Kier molecular flexibility index (Phi) is 5.58. The first-order chi connectivity index (χ1) is 10.2. The number of hydrogen-bond donors (Lipinski definition) is 1. The highest BCUT2D eigenvalue weighted by molar-refractivity contribution is 5.42. The number of rotatable bonds is 7. The van der Waals surface area contributed by atoms with Gasteiger partial charge in [0.05, 0.1) is 24.6 Å². The summed E-state index contributed by atoms with van der Waals surface area (Å²) in [5.74, 6) is 2.00. The highest BCUT2D eigenvalue weighted by Gasteiger charge is 2.08. The summed E-state index contributed by atoms with van der Waals surface area (Å²) in [7, 11) is 0. The van der Waals surface area contributed by atoms with E-state index in [1.54, 1.807) is 18.3 Å². The van der Waals surface area contributed by atoms with E-state index in [1.807, 2.05) is 31.2 Å². The lowest BCUT2D eigenvalue weighted by Gasteiger charge is -2.12. The minimum absolute atomic E-state index is 0.528. The van der Waals surface area contributed by atoms with E-state index < -0.39 is 6.10 Å². The van der Waals surface area contributed by atoms with Crippen LogP contribution in [-0.2, 0) is 0 Å². The molecule has 0 aliphatic rings. The van der Waals surface area contributed by atoms with Gasteiger partial charge in [-0.2, -0.15) is 0 Å². The van der Waals surface area contributed by atoms with Crippen LogP contribution in [0.5, 0.6) is 17.2 Å². The summed E-state index contributed by atoms with van der Waals surface area (Å²) in [6, 6.07) is 11.1. The maximum Gasteiger partial charge on any atom is 0.169 e. The molecule has 112 valence electrons. The van der Waals surface area contributed by atoms with Crippen molar-refractivity contribution in [2.75, 3.05) is 6.61 Å². The molecule has 2 rings (SSSR count). The van der Waals surface area contributed by atoms with Crippen LogP contribution in [0.4, 0.5) is 0 Å². The van der Waals surface area contributed by atoms with Gasteiger partial charge in [0.15, 0.2) is 11.5 Å². The summed E-state index contributed by atoms with van der Waals surface area (Å²) in [5, 5.41) is 9.73. The van der Waals surface area contributed by atoms with E-state index in [0.717, 1.165) is 12.2 Å². The van der Waals surface area contributed by atoms with Crippen molar-refractivity contribution in [3.05, 3.63) is 48.3 Å². The quantitative estimate of drug-likeness (QED) is 0.832. The second-order valence-corrected chi connectivity index (χ2v) is 4.74. The van der Waals surface area contributed by atoms with Crippen LogP contribution in [0.25, 0.3) is 0 Å². The van der Waals surface area contributed by atoms with Crippen LogP contribution < -0.4 is 9.47 Å². The zero-order valence-corrected chi connectivity index (χ0v) is 12.5. The van der Waals surface area contributed by atoms with Crippen molar-refractivity contribution in [3.63, 3.8) is 0 Å². The number of benzene rings is 1. The average Bonchev–Trinajstić information content (AvgIpc) is 2.54. The summed E-state index contributed by atoms with van der Waals surface area (Å²) >= 11 is 0. The van der Waals surface area contributed by atoms with Gasteiger partial charge in [-0.15, -0.1) is 0 Å². The summed E-state index contributed by atoms with van der Waals surface area (Å²) in [5.41, 5.74) is 0.653. The van der Waals surface area contributed by atoms with Gasteiger partial charge in [0, 0.05) is 0 Å². The standard InChI is InChI=1S/C17H21NO3/c1-3-11-20-16-7-5-6-8-17(16)21-13-9-10-14(18-12-13)15(19)4-2/h5-10,12,15,19H,3-4,11H2,1-2H3/t15-/m0/s1. The number of para-hydroxylation sites is 2. The molecule has 1 N–H and O–H groups in total. The maximum atomic E-state index is 9.73. The van der Waals surface area contributed by atoms with E-state index >= 15 is 0 Å². The number of aromatic nitrogens is 1. The van der Waals surface area contributed by atoms with Gasteiger partial charge in [0.25, 0.3) is 0 Å². The fraction of sp³-hybridized carbons (Fsp3) is 0.353. The van der Waals surface area contributed by atoms with E-state index in [1.165, 1.54) is 0 Å². The van der Waals surface area contributed by atoms with E-state index in [9.17, 15) is 5.11 Å². The molecule has 0 radical (unpaired) electrons. The van der Waals surface area contributed by atoms with E-state index in [-0.39, 0.29) is 0 Å². The molecule has 1 aromatic heterocycles. The van der Waals surface area contributed by atoms with Gasteiger partial charge in [-0.1, -0.05) is 26.0 Å². The summed E-state index contributed by atoms with van der Waals surface area (Å²) in [6.45, 7) is 4.63. The molecule has 1 aromatic carbocycles. The Balaban J connectivity index is 2.11. The molecular weight excluding hydrogens is 266 g/mol. The van der Waals surface area contributed by atoms with Gasteiger partial charge >= 0.3 is 0 Å². The monoisotopic (exact) mass is 287 g/mol. The first kappa shape index (κ1) is 15.3. The molecule has 0 unspecified atom stereocenters. The van der Waals surface area contributed by atoms with Crippen LogP contribution in [0.2, 0.25) is 0 Å². The van der Waals surface area contributed by atoms with Crippen LogP contribution in [-0.4, -0.2) is 16.7 Å². The Bertz CT molecular complexity index is 554. The van der Waals surface area contributed by atoms with Crippen molar-refractivity contribution in [3.8, 4) is 17.2 Å². The largest absolute Gasteiger partial charge is 0.490 e. The lowest BCUT2D eigenvalue weighted by Crippen LogP contribution is -1.99. The van der Waals surface area contributed by atoms with Crippen molar-refractivity contribution in [2.45, 2.75) is 32.8 Å². The molecule has 4 heteroatoms. The summed E-state index contributed by atoms with van der Waals surface area (Å²) < 4.78 is 11.5. The van der Waals surface area contributed by atoms with Gasteiger partial charge in [0.2, 0.25) is 0 Å². The molecule has 0 bridgehead atoms. The Morgan fingerprint density at radius 3 is 2.48 bits per heavy atom. The van der Waals surface area contributed by atoms with E-state index in [4.69, 9.17) is 9.47 Å². The fourth-order valence-corrected chi connectivity index (χ4v) is 1.85. The second-order valence-electron chi connectivity index (χ2n) is 4.74. The van der Waals surface area contributed by atoms with Crippen LogP contribution in [0.15, 0.2) is 42.6 Å². The van der Waals surface area contributed by atoms with Crippen LogP contribution in [0.3, 0.4) is 0 Å². The van der Waals surface area contributed by atoms with Crippen LogP contribution in [0.1, 0.15) is 38.5 Å². The Hall–Kier alpha value is -2.07. The topological polar surface area (TPSA) is 51.6 Å². The Labute approximate surface area is 125 Å². The van der Waals surface area contributed by atoms with Crippen molar-refractivity contribution >= 4 is 0 Å². The molecule has 4 nitrogen and oxygen atoms in total. The predicted molar refractivity (Wildman–Crippen MR) is 81.8 cm³/mol. The van der Waals surface area contributed by atoms with Gasteiger partial charge < -0.3 is 14.6 Å². The Morgan fingerprint density at radius 1 is 1.10 bits per heavy atom. The minimum Gasteiger partial charge on any atom is -0.490 e. The first-order valence-electron chi connectivity index (χ1n) is 7.28. The zero-order valence-electron chi connectivity index (χ0n) is 12.5. The third-order valence-corrected chi connectivity index (χ3v) is 3.03. The lowest BCUT2D eigenvalue weighted by atomic mass is 10.2. The number of aliphatic hydroxyl groups excluding tert-OH is 1. The summed E-state index contributed by atoms with van der Waals surface area (Å²) in [6.07, 6.45) is 2.67. The first-order valence-corrected chi connectivity index (χ1v) is 7.28. The smallest absolute Gasteiger partial charge is 0.169 e. The van der Waals surface area contributed by atoms with Gasteiger partial charge in [-0.05, 0) is 37.1 Å². The maximum absolute atomic E-state index is 9.73. The third-order valence-electron chi connectivity index (χ3n) is 3.03. The number of ether oxygens (including phenoxy) is 2. The molecule has 1 atom stereocenters. The molecule has 21 heavy (non-hydrogen) atoms. The zero-order chi connectivity index (χ0) is 15.1. The molecular formula is C17H21NO3. The molecule has 0 saturated carbocycles. The van der Waals surface area contributed by atoms with Gasteiger partial charge in [-0.25, -0.2) is 0 Å². The number of hydrogen-bond acceptors (Lipinski definition) is 4. The molecule has 0 fully saturated rings. The van der Waals surface area contributed by atoms with Gasteiger partial charge in [0.1, 0.15) is 5.75 Å². The normalized spacial score (nSPS) is 12.0. The SMILES string of the molecule is CCCOc1ccccc1Oc1ccc([C@@H](O)CC)nc1. The molecule has 0 amide bonds. The van der Waals surface area contributed by atoms with Crippen molar-refractivity contribution < 1.29 is 14.6 Å². The van der Waals surface area contributed by atoms with Crippen LogP contribution >= 0.6 is 0 Å². The second kappa shape index (κ2) is 7.64. The highest BCUT2D eigenvalue weighted by Crippen LogP contribution is 2.31. The third kappa shape index (κ3) is 4.20. The molecule has 0 aliphatic carbocycles. The van der Waals surface area contributed by atoms with Crippen molar-refractivity contribution in [1.82, 2.24) is 4.98 Å². The van der Waals surface area contributed by atoms with Crippen LogP contribution in [0, 0.1) is 0 Å². The fourth-order valence-electron chi connectivity index (χ4n) is 1.85. The number of pyridine rings is 1. The summed E-state index contributed by atoms with van der Waals surface area (Å²) in [4.78, 5) is 4.22. The average molecular weight is 287 g/mol. The van der Waals surface area contributed by atoms with E-state index in [2.05, 4.69) is 11.9 Å². The van der Waals surface area contributed by atoms with E-state index in [0.29, 0.717) is 30.2 Å². The van der Waals surface area contributed by atoms with Crippen molar-refractivity contribution in [1.29, 1.82) is 0 Å². The Morgan fingerprint density at radius 2 is 1.86 bits per heavy atom. The minimum atomic E-state index is -0.528. The molecule has 0 saturated heterocycles. The molecule has 0 spiro atoms. The van der Waals surface area contributed by atoms with Gasteiger partial charge in [-0.3, -0.25) is 4.98 Å². The molecule has 1 heterocycles. The lowest BCUT2D eigenvalue weighted by molar-refractivity contribution is 0.169.